The van der Waals surface area contributed by atoms with E-state index in [1.165, 1.54) is 37.5 Å². The topological polar surface area (TPSA) is 143 Å². The number of halogens is 2. The summed E-state index contributed by atoms with van der Waals surface area (Å²) in [6.07, 6.45) is 1.49. The van der Waals surface area contributed by atoms with Gasteiger partial charge >= 0.3 is 5.97 Å². The first kappa shape index (κ1) is 26.0. The first-order chi connectivity index (χ1) is 17.7. The van der Waals surface area contributed by atoms with Crippen LogP contribution in [-0.4, -0.2) is 28.8 Å². The molecule has 0 aromatic heterocycles. The predicted octanol–water partition coefficient (Wildman–Crippen LogP) is 5.69. The first-order valence-electron chi connectivity index (χ1n) is 10.4. The third-order valence-corrected chi connectivity index (χ3v) is 6.19. The number of nitro groups is 2. The van der Waals surface area contributed by atoms with Gasteiger partial charge in [-0.25, -0.2) is 9.79 Å². The molecule has 3 aromatic carbocycles. The Morgan fingerprint density at radius 3 is 2.49 bits per heavy atom. The fourth-order valence-electron chi connectivity index (χ4n) is 3.35. The number of ether oxygens (including phenoxy) is 3. The highest BCUT2D eigenvalue weighted by Gasteiger charge is 2.27. The predicted molar refractivity (Wildman–Crippen MR) is 142 cm³/mol. The van der Waals surface area contributed by atoms with Crippen LogP contribution in [0, 0.1) is 23.8 Å². The van der Waals surface area contributed by atoms with Crippen molar-refractivity contribution in [3.05, 3.63) is 106 Å². The van der Waals surface area contributed by atoms with Crippen molar-refractivity contribution < 1.29 is 28.9 Å². The molecule has 0 amide bonds. The van der Waals surface area contributed by atoms with Gasteiger partial charge in [0, 0.05) is 24.3 Å². The van der Waals surface area contributed by atoms with Crippen LogP contribution < -0.4 is 9.47 Å². The largest absolute Gasteiger partial charge is 0.493 e. The van der Waals surface area contributed by atoms with Gasteiger partial charge in [0.1, 0.15) is 6.61 Å². The van der Waals surface area contributed by atoms with Crippen molar-refractivity contribution in [2.45, 2.75) is 6.61 Å². The number of rotatable bonds is 8. The molecule has 0 aliphatic carbocycles. The summed E-state index contributed by atoms with van der Waals surface area (Å²) < 4.78 is 17.2. The number of nitrogens with zero attached hydrogens (tertiary/aromatic N) is 3. The van der Waals surface area contributed by atoms with Crippen molar-refractivity contribution in [1.82, 2.24) is 0 Å². The summed E-state index contributed by atoms with van der Waals surface area (Å²) in [5, 5.41) is 21.9. The maximum absolute atomic E-state index is 12.4. The zero-order chi connectivity index (χ0) is 26.7. The second kappa shape index (κ2) is 10.9. The summed E-state index contributed by atoms with van der Waals surface area (Å²) in [7, 11) is 1.46. The van der Waals surface area contributed by atoms with Crippen LogP contribution >= 0.6 is 34.2 Å². The van der Waals surface area contributed by atoms with Gasteiger partial charge in [-0.15, -0.1) is 0 Å². The lowest BCUT2D eigenvalue weighted by molar-refractivity contribution is -0.385. The third-order valence-electron chi connectivity index (χ3n) is 5.07. The van der Waals surface area contributed by atoms with E-state index in [2.05, 4.69) is 4.99 Å². The Morgan fingerprint density at radius 1 is 1.08 bits per heavy atom. The van der Waals surface area contributed by atoms with Crippen molar-refractivity contribution in [2.24, 2.45) is 4.99 Å². The van der Waals surface area contributed by atoms with E-state index in [1.807, 2.05) is 22.6 Å². The molecule has 0 radical (unpaired) electrons. The zero-order valence-corrected chi connectivity index (χ0v) is 21.8. The van der Waals surface area contributed by atoms with Crippen molar-refractivity contribution in [2.75, 3.05) is 7.11 Å². The summed E-state index contributed by atoms with van der Waals surface area (Å²) in [4.78, 5) is 37.5. The van der Waals surface area contributed by atoms with E-state index >= 15 is 0 Å². The first-order valence-corrected chi connectivity index (χ1v) is 11.8. The molecule has 0 N–H and O–H groups in total. The van der Waals surface area contributed by atoms with Gasteiger partial charge < -0.3 is 14.2 Å². The number of hydrogen-bond acceptors (Lipinski definition) is 9. The fourth-order valence-corrected chi connectivity index (χ4v) is 4.39. The van der Waals surface area contributed by atoms with Crippen LogP contribution in [0.15, 0.2) is 65.3 Å². The molecule has 1 heterocycles. The maximum atomic E-state index is 12.4. The SMILES string of the molecule is COc1cc(/C=C2\N=C(c3ccc([N+](=O)[O-])cc3Cl)OC2=O)cc(I)c1OCc1cccc([N+](=O)[O-])c1. The molecule has 37 heavy (non-hydrogen) atoms. The van der Waals surface area contributed by atoms with Gasteiger partial charge in [-0.1, -0.05) is 23.7 Å². The summed E-state index contributed by atoms with van der Waals surface area (Å²) in [5.41, 5.74) is 1.16. The number of hydrogen-bond donors (Lipinski definition) is 0. The molecule has 1 aliphatic heterocycles. The Labute approximate surface area is 227 Å². The standard InChI is InChI=1S/C24H15ClIN3O8/c1-35-21-10-14(8-19(26)22(21)36-12-13-3-2-4-15(7-13)28(31)32)9-20-24(30)37-23(27-20)17-6-5-16(29(33)34)11-18(17)25/h2-11H,12H2,1H3/b20-9-. The van der Waals surface area contributed by atoms with Gasteiger partial charge in [0.2, 0.25) is 5.90 Å². The van der Waals surface area contributed by atoms with Crippen molar-refractivity contribution in [1.29, 1.82) is 0 Å². The molecule has 4 rings (SSSR count). The lowest BCUT2D eigenvalue weighted by atomic mass is 10.1. The minimum atomic E-state index is -0.718. The Balaban J connectivity index is 1.59. The number of methoxy groups -OCH3 is 1. The van der Waals surface area contributed by atoms with E-state index in [4.69, 9.17) is 25.8 Å². The molecule has 0 saturated carbocycles. The normalized spacial score (nSPS) is 13.8. The van der Waals surface area contributed by atoms with E-state index in [1.54, 1.807) is 24.3 Å². The minimum absolute atomic E-state index is 0.00691. The van der Waals surface area contributed by atoms with Crippen LogP contribution in [0.25, 0.3) is 6.08 Å². The number of carbonyl (C=O) groups is 1. The smallest absolute Gasteiger partial charge is 0.363 e. The van der Waals surface area contributed by atoms with Gasteiger partial charge in [-0.3, -0.25) is 20.2 Å². The summed E-state index contributed by atoms with van der Waals surface area (Å²) in [6, 6.07) is 13.2. The van der Waals surface area contributed by atoms with E-state index in [-0.39, 0.29) is 40.2 Å². The number of non-ortho nitro benzene ring substituents is 2. The van der Waals surface area contributed by atoms with Crippen molar-refractivity contribution in [3.8, 4) is 11.5 Å². The van der Waals surface area contributed by atoms with Crippen LogP contribution in [-0.2, 0) is 16.1 Å². The highest BCUT2D eigenvalue weighted by molar-refractivity contribution is 14.1. The molecular weight excluding hydrogens is 621 g/mol. The van der Waals surface area contributed by atoms with Crippen LogP contribution in [0.4, 0.5) is 11.4 Å². The molecule has 0 unspecified atom stereocenters. The highest BCUT2D eigenvalue weighted by atomic mass is 127. The number of carbonyl (C=O) groups excluding carboxylic acids is 1. The van der Waals surface area contributed by atoms with Crippen LogP contribution in [0.5, 0.6) is 11.5 Å². The van der Waals surface area contributed by atoms with Crippen LogP contribution in [0.1, 0.15) is 16.7 Å². The van der Waals surface area contributed by atoms with Gasteiger partial charge in [-0.05, 0) is 58.0 Å². The minimum Gasteiger partial charge on any atom is -0.493 e. The molecule has 0 fully saturated rings. The van der Waals surface area contributed by atoms with E-state index in [9.17, 15) is 25.0 Å². The van der Waals surface area contributed by atoms with Gasteiger partial charge in [-0.2, -0.15) is 0 Å². The maximum Gasteiger partial charge on any atom is 0.363 e. The van der Waals surface area contributed by atoms with Crippen LogP contribution in [0.3, 0.4) is 0 Å². The zero-order valence-electron chi connectivity index (χ0n) is 18.8. The van der Waals surface area contributed by atoms with E-state index < -0.39 is 15.8 Å². The summed E-state index contributed by atoms with van der Waals surface area (Å²) >= 11 is 8.17. The van der Waals surface area contributed by atoms with Crippen molar-refractivity contribution >= 4 is 63.5 Å². The lowest BCUT2D eigenvalue weighted by Gasteiger charge is -2.13. The Morgan fingerprint density at radius 2 is 1.81 bits per heavy atom. The molecule has 3 aromatic rings. The molecule has 0 saturated heterocycles. The highest BCUT2D eigenvalue weighted by Crippen LogP contribution is 2.36. The quantitative estimate of drug-likeness (QED) is 0.101. The number of aliphatic imine (C=N–C) groups is 1. The molecule has 0 bridgehead atoms. The molecule has 13 heteroatoms. The molecule has 11 nitrogen and oxygen atoms in total. The average Bonchev–Trinajstić information content (AvgIpc) is 3.22. The second-order valence-corrected chi connectivity index (χ2v) is 9.08. The second-order valence-electron chi connectivity index (χ2n) is 7.51. The number of esters is 1. The average molecular weight is 636 g/mol. The Hall–Kier alpha value is -4.04. The molecule has 0 atom stereocenters. The van der Waals surface area contributed by atoms with Crippen LogP contribution in [0.2, 0.25) is 5.02 Å². The summed E-state index contributed by atoms with van der Waals surface area (Å²) in [5.74, 6) is 0.00452. The molecule has 188 valence electrons. The number of benzene rings is 3. The monoisotopic (exact) mass is 635 g/mol. The molecular formula is C24H15ClIN3O8. The van der Waals surface area contributed by atoms with Gasteiger partial charge in [0.15, 0.2) is 17.2 Å². The molecule has 0 spiro atoms. The van der Waals surface area contributed by atoms with E-state index in [0.717, 1.165) is 6.07 Å². The Bertz CT molecular complexity index is 1510. The van der Waals surface area contributed by atoms with Crippen molar-refractivity contribution in [3.63, 3.8) is 0 Å². The lowest BCUT2D eigenvalue weighted by Crippen LogP contribution is -2.06. The van der Waals surface area contributed by atoms with Gasteiger partial charge in [0.25, 0.3) is 11.4 Å². The van der Waals surface area contributed by atoms with E-state index in [0.29, 0.717) is 26.2 Å². The third kappa shape index (κ3) is 5.86. The number of cyclic esters (lactones) is 1. The van der Waals surface area contributed by atoms with Gasteiger partial charge in [0.05, 0.1) is 31.1 Å². The molecule has 1 aliphatic rings. The summed E-state index contributed by atoms with van der Waals surface area (Å²) in [6.45, 7) is 0.0739. The number of nitro benzene ring substituents is 2. The fraction of sp³-hybridized carbons (Fsp3) is 0.0833. The Kier molecular flexibility index (Phi) is 7.69.